The number of benzene rings is 1. The Morgan fingerprint density at radius 2 is 2.10 bits per heavy atom. The summed E-state index contributed by atoms with van der Waals surface area (Å²) in [5, 5.41) is 9.49. The molecule has 1 unspecified atom stereocenters. The number of hydrogen-bond donors (Lipinski definition) is 2. The fraction of sp³-hybridized carbons (Fsp3) is 0.571. The van der Waals surface area contributed by atoms with Crippen molar-refractivity contribution >= 4 is 15.7 Å². The maximum absolute atomic E-state index is 12.8. The van der Waals surface area contributed by atoms with Crippen LogP contribution in [0.4, 0.5) is 5.69 Å². The van der Waals surface area contributed by atoms with Gasteiger partial charge in [0.2, 0.25) is 10.0 Å². The standard InChI is InChI=1S/C14H22N2O3S/c1-11-6-7-12(15)9-14(11)20(18,19)16-8-4-2-3-5-13(16)10-17/h6-7,9,13,17H,2-5,8,10,15H2,1H3. The fourth-order valence-corrected chi connectivity index (χ4v) is 4.62. The van der Waals surface area contributed by atoms with Gasteiger partial charge in [0.05, 0.1) is 11.5 Å². The van der Waals surface area contributed by atoms with E-state index >= 15 is 0 Å². The first-order chi connectivity index (χ1) is 9.46. The van der Waals surface area contributed by atoms with Crippen LogP contribution < -0.4 is 5.73 Å². The Morgan fingerprint density at radius 1 is 1.35 bits per heavy atom. The van der Waals surface area contributed by atoms with Gasteiger partial charge in [-0.2, -0.15) is 4.31 Å². The van der Waals surface area contributed by atoms with Crippen LogP contribution in [0, 0.1) is 6.92 Å². The number of sulfonamides is 1. The van der Waals surface area contributed by atoms with E-state index in [1.54, 1.807) is 19.1 Å². The van der Waals surface area contributed by atoms with Gasteiger partial charge >= 0.3 is 0 Å². The molecule has 0 aromatic heterocycles. The molecule has 0 spiro atoms. The van der Waals surface area contributed by atoms with E-state index in [1.165, 1.54) is 10.4 Å². The molecule has 1 fully saturated rings. The summed E-state index contributed by atoms with van der Waals surface area (Å²) in [6.45, 7) is 2.08. The van der Waals surface area contributed by atoms with Gasteiger partial charge in [0.25, 0.3) is 0 Å². The molecular weight excluding hydrogens is 276 g/mol. The highest BCUT2D eigenvalue weighted by Crippen LogP contribution is 2.27. The zero-order chi connectivity index (χ0) is 14.8. The quantitative estimate of drug-likeness (QED) is 0.828. The first kappa shape index (κ1) is 15.3. The van der Waals surface area contributed by atoms with Gasteiger partial charge in [-0.05, 0) is 37.5 Å². The molecule has 1 atom stereocenters. The monoisotopic (exact) mass is 298 g/mol. The lowest BCUT2D eigenvalue weighted by molar-refractivity contribution is 0.186. The molecule has 3 N–H and O–H groups in total. The van der Waals surface area contributed by atoms with Crippen molar-refractivity contribution in [3.63, 3.8) is 0 Å². The van der Waals surface area contributed by atoms with Crippen molar-refractivity contribution in [1.29, 1.82) is 0 Å². The molecular formula is C14H22N2O3S. The first-order valence-electron chi connectivity index (χ1n) is 6.95. The number of nitrogens with zero attached hydrogens (tertiary/aromatic N) is 1. The number of hydrogen-bond acceptors (Lipinski definition) is 4. The van der Waals surface area contributed by atoms with Crippen LogP contribution in [-0.4, -0.2) is 37.0 Å². The first-order valence-corrected chi connectivity index (χ1v) is 8.39. The second kappa shape index (κ2) is 6.11. The van der Waals surface area contributed by atoms with E-state index < -0.39 is 10.0 Å². The normalized spacial score (nSPS) is 21.6. The maximum atomic E-state index is 12.8. The van der Waals surface area contributed by atoms with Gasteiger partial charge in [0, 0.05) is 18.3 Å². The van der Waals surface area contributed by atoms with Crippen molar-refractivity contribution in [2.24, 2.45) is 0 Å². The Kier molecular flexibility index (Phi) is 4.67. The Balaban J connectivity index is 2.44. The number of aliphatic hydroxyl groups is 1. The van der Waals surface area contributed by atoms with E-state index in [4.69, 9.17) is 5.73 Å². The second-order valence-electron chi connectivity index (χ2n) is 5.33. The zero-order valence-corrected chi connectivity index (χ0v) is 12.6. The van der Waals surface area contributed by atoms with E-state index in [2.05, 4.69) is 0 Å². The van der Waals surface area contributed by atoms with Crippen LogP contribution in [-0.2, 0) is 10.0 Å². The van der Waals surface area contributed by atoms with Gasteiger partial charge in [-0.25, -0.2) is 8.42 Å². The molecule has 0 bridgehead atoms. The lowest BCUT2D eigenvalue weighted by Crippen LogP contribution is -2.42. The van der Waals surface area contributed by atoms with Gasteiger partial charge in [-0.1, -0.05) is 18.9 Å². The highest BCUT2D eigenvalue weighted by molar-refractivity contribution is 7.89. The minimum Gasteiger partial charge on any atom is -0.399 e. The molecule has 1 heterocycles. The molecule has 1 aromatic carbocycles. The molecule has 1 aromatic rings. The minimum absolute atomic E-state index is 0.138. The summed E-state index contributed by atoms with van der Waals surface area (Å²) < 4.78 is 27.1. The summed E-state index contributed by atoms with van der Waals surface area (Å²) >= 11 is 0. The fourth-order valence-electron chi connectivity index (χ4n) is 2.67. The van der Waals surface area contributed by atoms with Crippen molar-refractivity contribution in [2.75, 3.05) is 18.9 Å². The van der Waals surface area contributed by atoms with Crippen LogP contribution in [0.3, 0.4) is 0 Å². The lowest BCUT2D eigenvalue weighted by Gasteiger charge is -2.28. The molecule has 1 saturated heterocycles. The third-order valence-electron chi connectivity index (χ3n) is 3.83. The summed E-state index contributed by atoms with van der Waals surface area (Å²) in [5.74, 6) is 0. The minimum atomic E-state index is -3.61. The van der Waals surface area contributed by atoms with E-state index in [1.807, 2.05) is 0 Å². The van der Waals surface area contributed by atoms with E-state index in [0.717, 1.165) is 19.3 Å². The molecule has 20 heavy (non-hydrogen) atoms. The predicted molar refractivity (Wildman–Crippen MR) is 78.8 cm³/mol. The zero-order valence-electron chi connectivity index (χ0n) is 11.7. The molecule has 0 aliphatic carbocycles. The number of rotatable bonds is 3. The summed E-state index contributed by atoms with van der Waals surface area (Å²) in [5.41, 5.74) is 6.83. The van der Waals surface area contributed by atoms with Crippen LogP contribution in [0.25, 0.3) is 0 Å². The molecule has 0 amide bonds. The van der Waals surface area contributed by atoms with Crippen molar-refractivity contribution in [3.05, 3.63) is 23.8 Å². The maximum Gasteiger partial charge on any atom is 0.243 e. The van der Waals surface area contributed by atoms with Gasteiger partial charge in [-0.3, -0.25) is 0 Å². The highest BCUT2D eigenvalue weighted by atomic mass is 32.2. The number of nitrogens with two attached hydrogens (primary N) is 1. The number of nitrogen functional groups attached to an aromatic ring is 1. The molecule has 1 aliphatic rings. The Morgan fingerprint density at radius 3 is 2.80 bits per heavy atom. The van der Waals surface area contributed by atoms with Crippen molar-refractivity contribution in [2.45, 2.75) is 43.5 Å². The topological polar surface area (TPSA) is 83.6 Å². The average molecular weight is 298 g/mol. The van der Waals surface area contributed by atoms with Crippen LogP contribution in [0.2, 0.25) is 0 Å². The second-order valence-corrected chi connectivity index (χ2v) is 7.19. The third kappa shape index (κ3) is 2.97. The van der Waals surface area contributed by atoms with Gasteiger partial charge in [0.1, 0.15) is 0 Å². The van der Waals surface area contributed by atoms with Crippen LogP contribution in [0.1, 0.15) is 31.2 Å². The van der Waals surface area contributed by atoms with Gasteiger partial charge in [-0.15, -0.1) is 0 Å². The van der Waals surface area contributed by atoms with E-state index in [-0.39, 0.29) is 17.5 Å². The lowest BCUT2D eigenvalue weighted by atomic mass is 10.1. The number of aliphatic hydroxyl groups excluding tert-OH is 1. The highest BCUT2D eigenvalue weighted by Gasteiger charge is 2.32. The summed E-state index contributed by atoms with van der Waals surface area (Å²) in [4.78, 5) is 0.248. The van der Waals surface area contributed by atoms with Crippen LogP contribution in [0.15, 0.2) is 23.1 Å². The third-order valence-corrected chi connectivity index (χ3v) is 5.93. The summed E-state index contributed by atoms with van der Waals surface area (Å²) in [6.07, 6.45) is 3.49. The van der Waals surface area contributed by atoms with Crippen molar-refractivity contribution < 1.29 is 13.5 Å². The van der Waals surface area contributed by atoms with Gasteiger partial charge in [0.15, 0.2) is 0 Å². The predicted octanol–water partition coefficient (Wildman–Crippen LogP) is 1.50. The van der Waals surface area contributed by atoms with E-state index in [0.29, 0.717) is 24.2 Å². The summed E-state index contributed by atoms with van der Waals surface area (Å²) in [6, 6.07) is 4.58. The number of aryl methyl sites for hydroxylation is 1. The molecule has 6 heteroatoms. The molecule has 0 saturated carbocycles. The molecule has 5 nitrogen and oxygen atoms in total. The average Bonchev–Trinajstić information content (AvgIpc) is 2.66. The molecule has 112 valence electrons. The van der Waals surface area contributed by atoms with Crippen LogP contribution >= 0.6 is 0 Å². The Hall–Kier alpha value is -1.11. The van der Waals surface area contributed by atoms with E-state index in [9.17, 15) is 13.5 Å². The Labute approximate surface area is 120 Å². The molecule has 0 radical (unpaired) electrons. The van der Waals surface area contributed by atoms with Gasteiger partial charge < -0.3 is 10.8 Å². The molecule has 1 aliphatic heterocycles. The Bertz CT molecular complexity index is 572. The van der Waals surface area contributed by atoms with Crippen LogP contribution in [0.5, 0.6) is 0 Å². The smallest absolute Gasteiger partial charge is 0.243 e. The SMILES string of the molecule is Cc1ccc(N)cc1S(=O)(=O)N1CCCCCC1CO. The van der Waals surface area contributed by atoms with Crippen molar-refractivity contribution in [1.82, 2.24) is 4.31 Å². The summed E-state index contributed by atoms with van der Waals surface area (Å²) in [7, 11) is -3.61. The number of anilines is 1. The molecule has 2 rings (SSSR count). The largest absolute Gasteiger partial charge is 0.399 e. The van der Waals surface area contributed by atoms with Crippen molar-refractivity contribution in [3.8, 4) is 0 Å².